The van der Waals surface area contributed by atoms with Gasteiger partial charge in [-0.05, 0) is 74.3 Å². The minimum Gasteiger partial charge on any atom is -0.361 e. The number of nitrogens with zero attached hydrogens (tertiary/aromatic N) is 3. The van der Waals surface area contributed by atoms with E-state index in [2.05, 4.69) is 29.6 Å². The molecule has 252 valence electrons. The number of amides is 1. The Hall–Kier alpha value is -4.45. The average Bonchev–Trinajstić information content (AvgIpc) is 3.63. The van der Waals surface area contributed by atoms with Crippen molar-refractivity contribution in [3.05, 3.63) is 94.4 Å². The first-order valence-corrected chi connectivity index (χ1v) is 20.4. The number of alkyl halides is 3. The van der Waals surface area contributed by atoms with Crippen LogP contribution in [0.25, 0.3) is 21.9 Å². The van der Waals surface area contributed by atoms with E-state index < -0.39 is 40.7 Å². The monoisotopic (exact) mass is 695 g/mol. The van der Waals surface area contributed by atoms with Crippen molar-refractivity contribution in [1.82, 2.24) is 19.9 Å². The molecule has 0 fully saturated rings. The van der Waals surface area contributed by atoms with Crippen molar-refractivity contribution in [3.8, 4) is 6.07 Å². The van der Waals surface area contributed by atoms with Gasteiger partial charge in [0.25, 0.3) is 0 Å². The Bertz CT molecular complexity index is 2180. The molecule has 2 aromatic heterocycles. The number of benzene rings is 3. The van der Waals surface area contributed by atoms with Crippen molar-refractivity contribution < 1.29 is 31.1 Å². The number of aromatic amines is 1. The third kappa shape index (κ3) is 6.25. The lowest BCUT2D eigenvalue weighted by Gasteiger charge is -2.36. The van der Waals surface area contributed by atoms with Gasteiger partial charge >= 0.3 is 12.1 Å². The third-order valence-electron chi connectivity index (χ3n) is 8.28. The summed E-state index contributed by atoms with van der Waals surface area (Å²) in [7, 11) is -6.60. The van der Waals surface area contributed by atoms with Crippen LogP contribution in [0.5, 0.6) is 0 Å². The number of H-pyrrole nitrogens is 1. The SMILES string of the molecule is Cc1ccc(S(=O)(=O)C(NC(=O)C(F)(F)F)(c2c(C)cc(C)c3[nH]ccc23)c2nc3cc(C#N)ccc3n2COCC[Si](C)(C)C)cc1. The molecule has 0 saturated heterocycles. The molecule has 0 spiro atoms. The molecule has 9 nitrogen and oxygen atoms in total. The van der Waals surface area contributed by atoms with Crippen LogP contribution >= 0.6 is 0 Å². The predicted octanol–water partition coefficient (Wildman–Crippen LogP) is 6.98. The highest BCUT2D eigenvalue weighted by molar-refractivity contribution is 7.92. The number of halogens is 3. The molecule has 0 aliphatic heterocycles. The van der Waals surface area contributed by atoms with Crippen molar-refractivity contribution in [3.63, 3.8) is 0 Å². The molecule has 1 amide bonds. The summed E-state index contributed by atoms with van der Waals surface area (Å²) in [6.07, 6.45) is -3.92. The Labute approximate surface area is 277 Å². The van der Waals surface area contributed by atoms with Gasteiger partial charge in [-0.3, -0.25) is 4.79 Å². The summed E-state index contributed by atoms with van der Waals surface area (Å²) in [4.78, 5) is 17.6. The topological polar surface area (TPSA) is 130 Å². The number of hydrogen-bond donors (Lipinski definition) is 2. The van der Waals surface area contributed by atoms with Gasteiger partial charge in [-0.2, -0.15) is 18.4 Å². The van der Waals surface area contributed by atoms with Crippen molar-refractivity contribution in [2.45, 2.75) is 69.1 Å². The van der Waals surface area contributed by atoms with Crippen molar-refractivity contribution in [2.75, 3.05) is 6.61 Å². The smallest absolute Gasteiger partial charge is 0.361 e. The van der Waals surface area contributed by atoms with E-state index in [0.29, 0.717) is 34.3 Å². The van der Waals surface area contributed by atoms with Crippen LogP contribution in [0.4, 0.5) is 13.2 Å². The number of rotatable bonds is 10. The maximum Gasteiger partial charge on any atom is 0.471 e. The molecule has 2 heterocycles. The summed E-state index contributed by atoms with van der Waals surface area (Å²) < 4.78 is 81.1. The first-order valence-electron chi connectivity index (χ1n) is 15.2. The number of aryl methyl sites for hydroxylation is 3. The number of carbonyl (C=O) groups is 1. The maximum absolute atomic E-state index is 15.3. The molecule has 5 rings (SSSR count). The van der Waals surface area contributed by atoms with E-state index in [1.165, 1.54) is 47.0 Å². The molecular weight excluding hydrogens is 660 g/mol. The highest BCUT2D eigenvalue weighted by Gasteiger charge is 2.57. The average molecular weight is 696 g/mol. The van der Waals surface area contributed by atoms with E-state index in [1.807, 2.05) is 11.4 Å². The van der Waals surface area contributed by atoms with Crippen LogP contribution in [0, 0.1) is 32.1 Å². The first-order chi connectivity index (χ1) is 22.4. The number of nitriles is 1. The molecule has 3 aromatic carbocycles. The Balaban J connectivity index is 1.97. The lowest BCUT2D eigenvalue weighted by Crippen LogP contribution is -2.57. The minimum absolute atomic E-state index is 0.110. The van der Waals surface area contributed by atoms with Crippen LogP contribution in [0.1, 0.15) is 33.6 Å². The Morgan fingerprint density at radius 1 is 1.04 bits per heavy atom. The van der Waals surface area contributed by atoms with Crippen LogP contribution in [0.2, 0.25) is 25.7 Å². The summed E-state index contributed by atoms with van der Waals surface area (Å²) in [5.41, 5.74) is 2.72. The van der Waals surface area contributed by atoms with E-state index >= 15 is 8.42 Å². The van der Waals surface area contributed by atoms with Crippen LogP contribution in [0.15, 0.2) is 65.7 Å². The molecule has 14 heteroatoms. The fourth-order valence-corrected chi connectivity index (χ4v) is 8.63. The lowest BCUT2D eigenvalue weighted by molar-refractivity contribution is -0.174. The standard InChI is InChI=1S/C34H36F3N5O4SSi/c1-21-7-10-25(11-8-21)47(44,45)33(41-32(43)34(35,36)37,29-22(2)17-23(3)30-26(29)13-14-39-30)31-40-27-18-24(19-38)9-12-28(27)42(31)20-46-15-16-48(4,5)6/h7-14,17-18,39H,15-16,20H2,1-6H3,(H,41,43). The summed E-state index contributed by atoms with van der Waals surface area (Å²) in [5, 5.41) is 11.9. The molecule has 0 aliphatic carbocycles. The molecule has 1 unspecified atom stereocenters. The summed E-state index contributed by atoms with van der Waals surface area (Å²) in [6, 6.07) is 16.1. The van der Waals surface area contributed by atoms with Crippen LogP contribution in [-0.2, 0) is 31.0 Å². The zero-order chi connectivity index (χ0) is 35.2. The van der Waals surface area contributed by atoms with Crippen LogP contribution in [0.3, 0.4) is 0 Å². The number of hydrogen-bond acceptors (Lipinski definition) is 6. The molecule has 0 radical (unpaired) electrons. The summed E-state index contributed by atoms with van der Waals surface area (Å²) in [5.74, 6) is -2.90. The molecule has 0 saturated carbocycles. The van der Waals surface area contributed by atoms with Gasteiger partial charge < -0.3 is 19.6 Å². The van der Waals surface area contributed by atoms with E-state index in [-0.39, 0.29) is 33.7 Å². The van der Waals surface area contributed by atoms with Crippen molar-refractivity contribution in [1.29, 1.82) is 5.26 Å². The molecule has 1 atom stereocenters. The molecule has 0 aliphatic rings. The summed E-state index contributed by atoms with van der Waals surface area (Å²) >= 11 is 0. The normalized spacial score (nSPS) is 13.8. The Kier molecular flexibility index (Phi) is 9.11. The van der Waals surface area contributed by atoms with Crippen molar-refractivity contribution in [2.24, 2.45) is 0 Å². The van der Waals surface area contributed by atoms with E-state index in [0.717, 1.165) is 6.04 Å². The molecule has 0 bridgehead atoms. The second-order valence-electron chi connectivity index (χ2n) is 13.1. The summed E-state index contributed by atoms with van der Waals surface area (Å²) in [6.45, 7) is 11.6. The number of ether oxygens (including phenoxy) is 1. The van der Waals surface area contributed by atoms with Gasteiger partial charge in [0, 0.05) is 37.3 Å². The maximum atomic E-state index is 15.3. The van der Waals surface area contributed by atoms with Crippen molar-refractivity contribution >= 4 is 45.8 Å². The lowest BCUT2D eigenvalue weighted by atomic mass is 9.93. The zero-order valence-corrected chi connectivity index (χ0v) is 29.2. The third-order valence-corrected chi connectivity index (χ3v) is 12.2. The quantitative estimate of drug-likeness (QED) is 0.120. The number of carbonyl (C=O) groups excluding carboxylic acids is 1. The highest BCUT2D eigenvalue weighted by Crippen LogP contribution is 2.46. The first kappa shape index (κ1) is 34.9. The van der Waals surface area contributed by atoms with E-state index in [1.54, 1.807) is 39.1 Å². The highest BCUT2D eigenvalue weighted by atomic mass is 32.2. The van der Waals surface area contributed by atoms with Gasteiger partial charge in [-0.15, -0.1) is 0 Å². The second kappa shape index (κ2) is 12.5. The molecular formula is C34H36F3N5O4SSi. The fraction of sp³-hybridized carbons (Fsp3) is 0.324. The Morgan fingerprint density at radius 2 is 1.73 bits per heavy atom. The zero-order valence-electron chi connectivity index (χ0n) is 27.4. The van der Waals surface area contributed by atoms with Crippen LogP contribution < -0.4 is 5.32 Å². The van der Waals surface area contributed by atoms with Gasteiger partial charge in [0.1, 0.15) is 6.73 Å². The fourth-order valence-electron chi connectivity index (χ4n) is 5.86. The van der Waals surface area contributed by atoms with Gasteiger partial charge in [-0.1, -0.05) is 43.4 Å². The van der Waals surface area contributed by atoms with Gasteiger partial charge in [-0.25, -0.2) is 13.4 Å². The van der Waals surface area contributed by atoms with Crippen LogP contribution in [-0.4, -0.2) is 49.7 Å². The number of imidazole rings is 1. The number of sulfone groups is 1. The number of aromatic nitrogens is 3. The van der Waals surface area contributed by atoms with E-state index in [4.69, 9.17) is 4.74 Å². The second-order valence-corrected chi connectivity index (χ2v) is 20.8. The van der Waals surface area contributed by atoms with Gasteiger partial charge in [0.2, 0.25) is 14.7 Å². The van der Waals surface area contributed by atoms with Gasteiger partial charge in [0.15, 0.2) is 5.82 Å². The number of nitrogens with one attached hydrogen (secondary N) is 2. The molecule has 2 N–H and O–H groups in total. The van der Waals surface area contributed by atoms with E-state index in [9.17, 15) is 23.2 Å². The number of fused-ring (bicyclic) bond motifs is 2. The minimum atomic E-state index is -5.47. The Morgan fingerprint density at radius 3 is 2.35 bits per heavy atom. The predicted molar refractivity (Wildman–Crippen MR) is 180 cm³/mol. The molecule has 5 aromatic rings. The molecule has 48 heavy (non-hydrogen) atoms. The largest absolute Gasteiger partial charge is 0.471 e. The van der Waals surface area contributed by atoms with Gasteiger partial charge in [0.05, 0.1) is 27.6 Å².